The molecule has 4 heteroatoms. The van der Waals surface area contributed by atoms with E-state index in [9.17, 15) is 0 Å². The van der Waals surface area contributed by atoms with Crippen molar-refractivity contribution in [3.8, 4) is 45.3 Å². The van der Waals surface area contributed by atoms with Crippen molar-refractivity contribution in [2.75, 3.05) is 14.2 Å². The maximum absolute atomic E-state index is 6.46. The van der Waals surface area contributed by atoms with Gasteiger partial charge in [-0.05, 0) is 60.7 Å². The molecule has 6 rings (SSSR count). The molecule has 0 aliphatic carbocycles. The molecule has 0 radical (unpaired) electrons. The van der Waals surface area contributed by atoms with Crippen LogP contribution in [-0.4, -0.2) is 14.2 Å². The summed E-state index contributed by atoms with van der Waals surface area (Å²) in [5.41, 5.74) is 5.62. The Morgan fingerprint density at radius 3 is 1.24 bits per heavy atom. The van der Waals surface area contributed by atoms with Gasteiger partial charge in [0.15, 0.2) is 0 Å². The fraction of sp³-hybridized carbons (Fsp3) is 0.0667. The summed E-state index contributed by atoms with van der Waals surface area (Å²) in [5, 5.41) is 2.07. The second-order valence-corrected chi connectivity index (χ2v) is 8.06. The minimum atomic E-state index is 0.796. The molecule has 0 saturated carbocycles. The van der Waals surface area contributed by atoms with Crippen LogP contribution in [0.2, 0.25) is 0 Å². The number of ether oxygens (including phenoxy) is 2. The molecular formula is C30H22O4. The first kappa shape index (κ1) is 20.2. The van der Waals surface area contributed by atoms with E-state index < -0.39 is 0 Å². The molecule has 6 aromatic rings. The third kappa shape index (κ3) is 3.23. The number of methoxy groups -OCH3 is 2. The van der Waals surface area contributed by atoms with Gasteiger partial charge in [-0.3, -0.25) is 0 Å². The average molecular weight is 447 g/mol. The van der Waals surface area contributed by atoms with Crippen LogP contribution in [0, 0.1) is 0 Å². The zero-order valence-electron chi connectivity index (χ0n) is 18.9. The number of para-hydroxylation sites is 2. The lowest BCUT2D eigenvalue weighted by atomic mass is 9.94. The van der Waals surface area contributed by atoms with Gasteiger partial charge in [-0.15, -0.1) is 0 Å². The van der Waals surface area contributed by atoms with Gasteiger partial charge in [0, 0.05) is 33.0 Å². The van der Waals surface area contributed by atoms with Crippen LogP contribution < -0.4 is 9.47 Å². The molecule has 0 spiro atoms. The zero-order chi connectivity index (χ0) is 23.1. The Hall–Kier alpha value is -4.44. The number of fused-ring (bicyclic) bond motifs is 2. The quantitative estimate of drug-likeness (QED) is 0.268. The van der Waals surface area contributed by atoms with Crippen molar-refractivity contribution >= 4 is 21.9 Å². The minimum Gasteiger partial charge on any atom is -0.497 e. The van der Waals surface area contributed by atoms with E-state index in [2.05, 4.69) is 12.1 Å². The molecule has 0 atom stereocenters. The highest BCUT2D eigenvalue weighted by atomic mass is 16.5. The molecule has 0 unspecified atom stereocenters. The van der Waals surface area contributed by atoms with E-state index in [4.69, 9.17) is 18.3 Å². The summed E-state index contributed by atoms with van der Waals surface area (Å²) >= 11 is 0. The molecule has 34 heavy (non-hydrogen) atoms. The second-order valence-electron chi connectivity index (χ2n) is 8.06. The molecule has 0 bridgehead atoms. The van der Waals surface area contributed by atoms with Gasteiger partial charge in [0.2, 0.25) is 0 Å². The van der Waals surface area contributed by atoms with Crippen LogP contribution in [0.3, 0.4) is 0 Å². The molecule has 0 N–H and O–H groups in total. The van der Waals surface area contributed by atoms with E-state index in [1.165, 1.54) is 0 Å². The zero-order valence-corrected chi connectivity index (χ0v) is 18.9. The topological polar surface area (TPSA) is 44.7 Å². The van der Waals surface area contributed by atoms with Gasteiger partial charge >= 0.3 is 0 Å². The lowest BCUT2D eigenvalue weighted by Crippen LogP contribution is -1.86. The van der Waals surface area contributed by atoms with E-state index in [0.29, 0.717) is 0 Å². The van der Waals surface area contributed by atoms with Crippen LogP contribution in [-0.2, 0) is 0 Å². The van der Waals surface area contributed by atoms with Gasteiger partial charge < -0.3 is 18.3 Å². The van der Waals surface area contributed by atoms with Gasteiger partial charge in [0.25, 0.3) is 0 Å². The molecule has 0 aliphatic heterocycles. The van der Waals surface area contributed by atoms with Crippen LogP contribution in [0.1, 0.15) is 0 Å². The smallest absolute Gasteiger partial charge is 0.143 e. The summed E-state index contributed by atoms with van der Waals surface area (Å²) in [7, 11) is 3.33. The van der Waals surface area contributed by atoms with Crippen LogP contribution in [0.5, 0.6) is 11.5 Å². The Labute approximate surface area is 197 Å². The Bertz CT molecular complexity index is 1480. The fourth-order valence-corrected chi connectivity index (χ4v) is 4.48. The minimum absolute atomic E-state index is 0.796. The van der Waals surface area contributed by atoms with Gasteiger partial charge in [-0.1, -0.05) is 36.4 Å². The lowest BCUT2D eigenvalue weighted by molar-refractivity contribution is 0.414. The first-order chi connectivity index (χ1) is 16.8. The third-order valence-corrected chi connectivity index (χ3v) is 6.15. The summed E-state index contributed by atoms with van der Waals surface area (Å²) in [6.45, 7) is 0. The first-order valence-electron chi connectivity index (χ1n) is 11.1. The molecule has 2 heterocycles. The normalized spacial score (nSPS) is 11.2. The van der Waals surface area contributed by atoms with Gasteiger partial charge in [-0.2, -0.15) is 0 Å². The van der Waals surface area contributed by atoms with Crippen LogP contribution in [0.4, 0.5) is 0 Å². The largest absolute Gasteiger partial charge is 0.497 e. The van der Waals surface area contributed by atoms with Gasteiger partial charge in [0.1, 0.15) is 34.2 Å². The molecule has 0 aliphatic rings. The highest BCUT2D eigenvalue weighted by Crippen LogP contribution is 2.48. The first-order valence-corrected chi connectivity index (χ1v) is 11.1. The van der Waals surface area contributed by atoms with Crippen molar-refractivity contribution in [1.29, 1.82) is 0 Å². The third-order valence-electron chi connectivity index (χ3n) is 6.15. The average Bonchev–Trinajstić information content (AvgIpc) is 3.47. The Morgan fingerprint density at radius 2 is 0.853 bits per heavy atom. The standard InChI is InChI=1S/C30H22O4/c1-31-21-15-11-19(12-16-21)29-27(23-7-3-5-9-25(23)33-29)28-24-8-4-6-10-26(24)34-30(28)20-13-17-22(32-2)18-14-20/h3-18H,1-2H3. The summed E-state index contributed by atoms with van der Waals surface area (Å²) in [4.78, 5) is 0. The molecular weight excluding hydrogens is 424 g/mol. The molecule has 4 nitrogen and oxygen atoms in total. The predicted molar refractivity (Wildman–Crippen MR) is 135 cm³/mol. The highest BCUT2D eigenvalue weighted by molar-refractivity contribution is 6.12. The Balaban J connectivity index is 1.68. The van der Waals surface area contributed by atoms with Crippen LogP contribution in [0.15, 0.2) is 106 Å². The number of rotatable bonds is 5. The molecule has 4 aromatic carbocycles. The van der Waals surface area contributed by atoms with E-state index in [-0.39, 0.29) is 0 Å². The van der Waals surface area contributed by atoms with Crippen molar-refractivity contribution in [2.24, 2.45) is 0 Å². The highest BCUT2D eigenvalue weighted by Gasteiger charge is 2.25. The summed E-state index contributed by atoms with van der Waals surface area (Å²) < 4.78 is 23.6. The number of furan rings is 2. The van der Waals surface area contributed by atoms with E-state index >= 15 is 0 Å². The molecule has 0 saturated heterocycles. The van der Waals surface area contributed by atoms with Crippen molar-refractivity contribution in [3.05, 3.63) is 97.1 Å². The monoisotopic (exact) mass is 446 g/mol. The lowest BCUT2D eigenvalue weighted by Gasteiger charge is -2.08. The van der Waals surface area contributed by atoms with E-state index in [0.717, 1.165) is 67.2 Å². The van der Waals surface area contributed by atoms with E-state index in [1.54, 1.807) is 14.2 Å². The van der Waals surface area contributed by atoms with Gasteiger partial charge in [0.05, 0.1) is 14.2 Å². The number of hydrogen-bond acceptors (Lipinski definition) is 4. The summed E-state index contributed by atoms with van der Waals surface area (Å²) in [6, 6.07) is 32.1. The maximum Gasteiger partial charge on any atom is 0.143 e. The maximum atomic E-state index is 6.46. The summed E-state index contributed by atoms with van der Waals surface area (Å²) in [5.74, 6) is 3.19. The Kier molecular flexibility index (Phi) is 4.84. The van der Waals surface area contributed by atoms with Crippen molar-refractivity contribution < 1.29 is 18.3 Å². The molecule has 0 fully saturated rings. The SMILES string of the molecule is COc1ccc(-c2oc3ccccc3c2-c2c(-c3ccc(OC)cc3)oc3ccccc23)cc1. The van der Waals surface area contributed by atoms with Crippen molar-refractivity contribution in [2.45, 2.75) is 0 Å². The second kappa shape index (κ2) is 8.16. The van der Waals surface area contributed by atoms with Crippen molar-refractivity contribution in [1.82, 2.24) is 0 Å². The number of benzene rings is 4. The fourth-order valence-electron chi connectivity index (χ4n) is 4.48. The molecule has 166 valence electrons. The van der Waals surface area contributed by atoms with Gasteiger partial charge in [-0.25, -0.2) is 0 Å². The van der Waals surface area contributed by atoms with Crippen LogP contribution >= 0.6 is 0 Å². The van der Waals surface area contributed by atoms with Crippen LogP contribution in [0.25, 0.3) is 55.7 Å². The summed E-state index contributed by atoms with van der Waals surface area (Å²) in [6.07, 6.45) is 0. The predicted octanol–water partition coefficient (Wildman–Crippen LogP) is 8.20. The molecule has 0 amide bonds. The molecule has 2 aromatic heterocycles. The number of hydrogen-bond donors (Lipinski definition) is 0. The van der Waals surface area contributed by atoms with Crippen molar-refractivity contribution in [3.63, 3.8) is 0 Å². The Morgan fingerprint density at radius 1 is 0.471 bits per heavy atom. The van der Waals surface area contributed by atoms with E-state index in [1.807, 2.05) is 84.9 Å².